The van der Waals surface area contributed by atoms with E-state index in [0.29, 0.717) is 25.3 Å². The molecule has 0 unspecified atom stereocenters. The van der Waals surface area contributed by atoms with E-state index in [1.54, 1.807) is 0 Å². The van der Waals surface area contributed by atoms with Crippen LogP contribution >= 0.6 is 0 Å². The zero-order chi connectivity index (χ0) is 25.2. The van der Waals surface area contributed by atoms with E-state index in [1.807, 2.05) is 42.5 Å². The summed E-state index contributed by atoms with van der Waals surface area (Å²) in [5, 5.41) is 2.90. The molecule has 0 atom stereocenters. The molecule has 0 saturated heterocycles. The molecule has 0 aliphatic carbocycles. The van der Waals surface area contributed by atoms with Crippen molar-refractivity contribution in [1.29, 1.82) is 0 Å². The van der Waals surface area contributed by atoms with Gasteiger partial charge in [-0.3, -0.25) is 4.79 Å². The van der Waals surface area contributed by atoms with Crippen LogP contribution in [0.4, 0.5) is 4.39 Å². The summed E-state index contributed by atoms with van der Waals surface area (Å²) < 4.78 is 21.4. The maximum atomic E-state index is 13.0. The predicted octanol–water partition coefficient (Wildman–Crippen LogP) is 6.13. The van der Waals surface area contributed by atoms with Gasteiger partial charge in [0.15, 0.2) is 0 Å². The highest BCUT2D eigenvalue weighted by molar-refractivity contribution is 5.94. The van der Waals surface area contributed by atoms with Gasteiger partial charge in [0, 0.05) is 18.5 Å². The Morgan fingerprint density at radius 2 is 1.78 bits per heavy atom. The average Bonchev–Trinajstić information content (AvgIpc) is 3.25. The highest BCUT2D eigenvalue weighted by atomic mass is 19.1. The lowest BCUT2D eigenvalue weighted by Gasteiger charge is -2.13. The van der Waals surface area contributed by atoms with E-state index in [1.165, 1.54) is 24.3 Å². The number of hydrogen-bond acceptors (Lipinski definition) is 3. The van der Waals surface area contributed by atoms with Gasteiger partial charge in [0.1, 0.15) is 24.0 Å². The minimum atomic E-state index is -0.346. The summed E-state index contributed by atoms with van der Waals surface area (Å²) in [5.41, 5.74) is 3.71. The fourth-order valence-corrected chi connectivity index (χ4v) is 4.27. The molecule has 1 N–H and O–H groups in total. The molecule has 5 nitrogen and oxygen atoms in total. The minimum Gasteiger partial charge on any atom is -0.491 e. The quantitative estimate of drug-likeness (QED) is 0.183. The van der Waals surface area contributed by atoms with Crippen LogP contribution in [0, 0.1) is 5.82 Å². The number of unbranched alkanes of at least 4 members (excludes halogenated alkanes) is 2. The van der Waals surface area contributed by atoms with E-state index in [4.69, 9.17) is 9.72 Å². The van der Waals surface area contributed by atoms with Gasteiger partial charge in [0.05, 0.1) is 17.6 Å². The van der Waals surface area contributed by atoms with Crippen LogP contribution in [0.1, 0.15) is 41.0 Å². The number of carbonyl (C=O) groups excluding carboxylic acids is 1. The van der Waals surface area contributed by atoms with Crippen LogP contribution in [0.25, 0.3) is 11.0 Å². The first-order valence-electron chi connectivity index (χ1n) is 12.4. The highest BCUT2D eigenvalue weighted by Crippen LogP contribution is 2.21. The molecule has 0 bridgehead atoms. The van der Waals surface area contributed by atoms with E-state index >= 15 is 0 Å². The number of carbonyl (C=O) groups is 1. The van der Waals surface area contributed by atoms with Gasteiger partial charge in [-0.2, -0.15) is 0 Å². The van der Waals surface area contributed by atoms with Gasteiger partial charge in [0.25, 0.3) is 5.91 Å². The predicted molar refractivity (Wildman–Crippen MR) is 142 cm³/mol. The first-order valence-corrected chi connectivity index (χ1v) is 12.4. The van der Waals surface area contributed by atoms with E-state index in [-0.39, 0.29) is 11.7 Å². The second-order valence-corrected chi connectivity index (χ2v) is 8.69. The number of rotatable bonds is 13. The second-order valence-electron chi connectivity index (χ2n) is 8.69. The number of fused-ring (bicyclic) bond motifs is 1. The van der Waals surface area contributed by atoms with Crippen molar-refractivity contribution in [3.05, 3.63) is 108 Å². The zero-order valence-electron chi connectivity index (χ0n) is 20.5. The third kappa shape index (κ3) is 6.60. The number of amides is 1. The third-order valence-corrected chi connectivity index (χ3v) is 6.11. The molecule has 3 aromatic carbocycles. The number of benzene rings is 3. The van der Waals surface area contributed by atoms with Crippen LogP contribution < -0.4 is 10.1 Å². The van der Waals surface area contributed by atoms with Gasteiger partial charge >= 0.3 is 0 Å². The Kier molecular flexibility index (Phi) is 8.87. The lowest BCUT2D eigenvalue weighted by molar-refractivity contribution is 0.0953. The standard InChI is InChI=1S/C30H32FN3O2/c1-2-10-23-11-5-8-14-28(23)36-22-21-34-27-13-7-6-12-26(27)33-29(34)15-4-3-9-20-32-30(35)24-16-18-25(31)19-17-24/h2,5-8,11-14,16-19H,1,3-4,9-10,15,20-22H2,(H,32,35). The van der Waals surface area contributed by atoms with E-state index < -0.39 is 0 Å². The number of hydrogen-bond donors (Lipinski definition) is 1. The Bertz CT molecular complexity index is 1300. The summed E-state index contributed by atoms with van der Waals surface area (Å²) >= 11 is 0. The van der Waals surface area contributed by atoms with Crippen molar-refractivity contribution in [2.24, 2.45) is 0 Å². The molecular formula is C30H32FN3O2. The molecule has 1 aromatic heterocycles. The Morgan fingerprint density at radius 3 is 2.61 bits per heavy atom. The number of allylic oxidation sites excluding steroid dienone is 1. The largest absolute Gasteiger partial charge is 0.491 e. The summed E-state index contributed by atoms with van der Waals surface area (Å²) in [6, 6.07) is 21.8. The number of ether oxygens (including phenoxy) is 1. The number of nitrogens with zero attached hydrogens (tertiary/aromatic N) is 2. The molecule has 0 radical (unpaired) electrons. The van der Waals surface area contributed by atoms with Gasteiger partial charge in [-0.25, -0.2) is 9.37 Å². The molecule has 6 heteroatoms. The second kappa shape index (κ2) is 12.7. The number of halogens is 1. The van der Waals surface area contributed by atoms with Gasteiger partial charge < -0.3 is 14.6 Å². The summed E-state index contributed by atoms with van der Waals surface area (Å²) in [4.78, 5) is 17.0. The molecule has 0 saturated carbocycles. The number of aromatic nitrogens is 2. The molecule has 1 heterocycles. The van der Waals surface area contributed by atoms with Gasteiger partial charge in [-0.1, -0.05) is 42.8 Å². The Morgan fingerprint density at radius 1 is 1.00 bits per heavy atom. The summed E-state index contributed by atoms with van der Waals surface area (Å²) in [6.45, 7) is 5.69. The van der Waals surface area contributed by atoms with Crippen LogP contribution in [-0.4, -0.2) is 28.6 Å². The van der Waals surface area contributed by atoms with E-state index in [2.05, 4.69) is 28.6 Å². The van der Waals surface area contributed by atoms with Crippen LogP contribution in [0.3, 0.4) is 0 Å². The molecule has 186 valence electrons. The summed E-state index contributed by atoms with van der Waals surface area (Å²) in [7, 11) is 0. The van der Waals surface area contributed by atoms with Crippen molar-refractivity contribution in [3.63, 3.8) is 0 Å². The molecule has 1 amide bonds. The van der Waals surface area contributed by atoms with Gasteiger partial charge in [-0.15, -0.1) is 6.58 Å². The molecule has 0 aliphatic rings. The maximum absolute atomic E-state index is 13.0. The Hall–Kier alpha value is -3.93. The fourth-order valence-electron chi connectivity index (χ4n) is 4.27. The van der Waals surface area contributed by atoms with E-state index in [9.17, 15) is 9.18 Å². The van der Waals surface area contributed by atoms with Crippen molar-refractivity contribution in [2.45, 2.75) is 38.6 Å². The maximum Gasteiger partial charge on any atom is 0.251 e. The molecule has 36 heavy (non-hydrogen) atoms. The Balaban J connectivity index is 1.28. The van der Waals surface area contributed by atoms with Crippen molar-refractivity contribution < 1.29 is 13.9 Å². The van der Waals surface area contributed by atoms with Crippen molar-refractivity contribution in [2.75, 3.05) is 13.2 Å². The van der Waals surface area contributed by atoms with Crippen LogP contribution in [0.2, 0.25) is 0 Å². The van der Waals surface area contributed by atoms with Crippen LogP contribution in [0.5, 0.6) is 5.75 Å². The smallest absolute Gasteiger partial charge is 0.251 e. The van der Waals surface area contributed by atoms with Crippen molar-refractivity contribution in [1.82, 2.24) is 14.9 Å². The highest BCUT2D eigenvalue weighted by Gasteiger charge is 2.11. The lowest BCUT2D eigenvalue weighted by Crippen LogP contribution is -2.24. The van der Waals surface area contributed by atoms with Crippen LogP contribution in [-0.2, 0) is 19.4 Å². The summed E-state index contributed by atoms with van der Waals surface area (Å²) in [6.07, 6.45) is 6.33. The van der Waals surface area contributed by atoms with E-state index in [0.717, 1.165) is 60.3 Å². The number of imidazole rings is 1. The minimum absolute atomic E-state index is 0.175. The normalized spacial score (nSPS) is 10.9. The summed E-state index contributed by atoms with van der Waals surface area (Å²) in [5.74, 6) is 1.42. The van der Waals surface area contributed by atoms with Crippen LogP contribution in [0.15, 0.2) is 85.5 Å². The first kappa shape index (κ1) is 25.2. The van der Waals surface area contributed by atoms with Crippen molar-refractivity contribution in [3.8, 4) is 5.75 Å². The molecule has 0 fully saturated rings. The lowest BCUT2D eigenvalue weighted by atomic mass is 10.1. The number of nitrogens with one attached hydrogen (secondary N) is 1. The fraction of sp³-hybridized carbons (Fsp3) is 0.267. The topological polar surface area (TPSA) is 56.1 Å². The first-order chi connectivity index (χ1) is 17.7. The van der Waals surface area contributed by atoms with Gasteiger partial charge in [0.2, 0.25) is 0 Å². The van der Waals surface area contributed by atoms with Gasteiger partial charge in [-0.05, 0) is 67.3 Å². The molecule has 0 spiro atoms. The zero-order valence-corrected chi connectivity index (χ0v) is 20.5. The monoisotopic (exact) mass is 485 g/mol. The SMILES string of the molecule is C=CCc1ccccc1OCCn1c(CCCCCNC(=O)c2ccc(F)cc2)nc2ccccc21. The number of para-hydroxylation sites is 3. The molecule has 0 aliphatic heterocycles. The van der Waals surface area contributed by atoms with Crippen molar-refractivity contribution >= 4 is 16.9 Å². The number of aryl methyl sites for hydroxylation is 1. The molecular weight excluding hydrogens is 453 g/mol. The average molecular weight is 486 g/mol. The molecule has 4 aromatic rings. The molecule has 4 rings (SSSR count). The third-order valence-electron chi connectivity index (χ3n) is 6.11. The Labute approximate surface area is 211 Å².